The van der Waals surface area contributed by atoms with Gasteiger partial charge in [0.2, 0.25) is 10.0 Å². The molecule has 0 saturated carbocycles. The summed E-state index contributed by atoms with van der Waals surface area (Å²) in [5.41, 5.74) is 0.0563. The van der Waals surface area contributed by atoms with Gasteiger partial charge in [0, 0.05) is 6.54 Å². The van der Waals surface area contributed by atoms with Gasteiger partial charge in [0.15, 0.2) is 0 Å². The molecule has 0 saturated heterocycles. The summed E-state index contributed by atoms with van der Waals surface area (Å²) in [6.07, 6.45) is -1.20. The van der Waals surface area contributed by atoms with Gasteiger partial charge in [0.1, 0.15) is 28.3 Å². The zero-order valence-corrected chi connectivity index (χ0v) is 17.2. The Bertz CT molecular complexity index is 1090. The van der Waals surface area contributed by atoms with Crippen molar-refractivity contribution in [3.63, 3.8) is 0 Å². The van der Waals surface area contributed by atoms with E-state index in [0.717, 1.165) is 10.9 Å². The molecule has 10 heteroatoms. The van der Waals surface area contributed by atoms with Crippen molar-refractivity contribution in [3.05, 3.63) is 59.2 Å². The molecule has 29 heavy (non-hydrogen) atoms. The van der Waals surface area contributed by atoms with E-state index in [9.17, 15) is 18.3 Å². The van der Waals surface area contributed by atoms with Crippen LogP contribution >= 0.6 is 11.3 Å². The van der Waals surface area contributed by atoms with Crippen LogP contribution < -0.4 is 9.46 Å². The molecule has 0 aliphatic heterocycles. The molecule has 1 atom stereocenters. The lowest BCUT2D eigenvalue weighted by Gasteiger charge is -2.13. The smallest absolute Gasteiger partial charge is 0.337 e. The van der Waals surface area contributed by atoms with Crippen molar-refractivity contribution in [3.8, 4) is 16.4 Å². The zero-order valence-electron chi connectivity index (χ0n) is 15.6. The van der Waals surface area contributed by atoms with Crippen LogP contribution in [-0.2, 0) is 14.8 Å². The summed E-state index contributed by atoms with van der Waals surface area (Å²) in [5.74, 6) is 0.189. The Balaban J connectivity index is 1.76. The lowest BCUT2D eigenvalue weighted by molar-refractivity contribution is 0.0600. The summed E-state index contributed by atoms with van der Waals surface area (Å²) < 4.78 is 43.1. The van der Waals surface area contributed by atoms with Crippen LogP contribution in [-0.4, -0.2) is 40.3 Å². The van der Waals surface area contributed by atoms with Gasteiger partial charge >= 0.3 is 5.97 Å². The first kappa shape index (κ1) is 21.1. The SMILES string of the molecule is COC(=O)c1ccc(OC)c(S(=O)(=O)NCC(O)c2ccc(-c3cccs3)o2)c1. The topological polar surface area (TPSA) is 115 Å². The Hall–Kier alpha value is -2.66. The molecule has 1 unspecified atom stereocenters. The summed E-state index contributed by atoms with van der Waals surface area (Å²) in [6, 6.07) is 11.0. The maximum atomic E-state index is 12.7. The Morgan fingerprint density at radius 3 is 2.69 bits per heavy atom. The first-order chi connectivity index (χ1) is 13.9. The van der Waals surface area contributed by atoms with Crippen LogP contribution in [0.5, 0.6) is 5.75 Å². The third-order valence-electron chi connectivity index (χ3n) is 4.06. The number of hydrogen-bond donors (Lipinski definition) is 2. The molecule has 0 radical (unpaired) electrons. The number of sulfonamides is 1. The number of methoxy groups -OCH3 is 2. The van der Waals surface area contributed by atoms with E-state index in [-0.39, 0.29) is 28.5 Å². The second kappa shape index (κ2) is 8.78. The predicted octanol–water partition coefficient (Wildman–Crippen LogP) is 2.82. The highest BCUT2D eigenvalue weighted by Crippen LogP contribution is 2.29. The Labute approximate surface area is 171 Å². The van der Waals surface area contributed by atoms with E-state index in [0.29, 0.717) is 5.76 Å². The van der Waals surface area contributed by atoms with Crippen molar-refractivity contribution in [1.29, 1.82) is 0 Å². The molecule has 2 heterocycles. The van der Waals surface area contributed by atoms with Gasteiger partial charge in [-0.25, -0.2) is 17.9 Å². The Morgan fingerprint density at radius 1 is 1.24 bits per heavy atom. The predicted molar refractivity (Wildman–Crippen MR) is 107 cm³/mol. The molecule has 2 N–H and O–H groups in total. The molecule has 2 aromatic heterocycles. The fourth-order valence-electron chi connectivity index (χ4n) is 2.58. The van der Waals surface area contributed by atoms with E-state index >= 15 is 0 Å². The summed E-state index contributed by atoms with van der Waals surface area (Å²) in [6.45, 7) is -0.328. The molecule has 1 aromatic carbocycles. The van der Waals surface area contributed by atoms with E-state index in [1.54, 1.807) is 12.1 Å². The summed E-state index contributed by atoms with van der Waals surface area (Å²) in [4.78, 5) is 12.4. The number of benzene rings is 1. The standard InChI is InChI=1S/C19H19NO7S2/c1-25-16-6-5-12(19(22)26-2)10-18(16)29(23,24)20-11-13(21)14-7-8-15(27-14)17-4-3-9-28-17/h3-10,13,20-21H,11H2,1-2H3. The monoisotopic (exact) mass is 437 g/mol. The first-order valence-corrected chi connectivity index (χ1v) is 10.8. The van der Waals surface area contributed by atoms with E-state index < -0.39 is 22.1 Å². The van der Waals surface area contributed by atoms with Crippen LogP contribution in [0, 0.1) is 0 Å². The van der Waals surface area contributed by atoms with Crippen LogP contribution in [0.25, 0.3) is 10.6 Å². The Kier molecular flexibility index (Phi) is 6.38. The highest BCUT2D eigenvalue weighted by molar-refractivity contribution is 7.89. The molecule has 0 aliphatic rings. The minimum Gasteiger partial charge on any atom is -0.495 e. The number of esters is 1. The number of carbonyl (C=O) groups excluding carboxylic acids is 1. The van der Waals surface area contributed by atoms with Crippen LogP contribution in [0.2, 0.25) is 0 Å². The number of ether oxygens (including phenoxy) is 2. The maximum Gasteiger partial charge on any atom is 0.337 e. The number of thiophene rings is 1. The second-order valence-electron chi connectivity index (χ2n) is 5.90. The van der Waals surface area contributed by atoms with Gasteiger partial charge < -0.3 is 19.0 Å². The lowest BCUT2D eigenvalue weighted by atomic mass is 10.2. The highest BCUT2D eigenvalue weighted by atomic mass is 32.2. The third-order valence-corrected chi connectivity index (χ3v) is 6.39. The number of rotatable bonds is 8. The average molecular weight is 437 g/mol. The fraction of sp³-hybridized carbons (Fsp3) is 0.211. The largest absolute Gasteiger partial charge is 0.495 e. The molecule has 0 spiro atoms. The van der Waals surface area contributed by atoms with Gasteiger partial charge in [-0.1, -0.05) is 6.07 Å². The molecule has 3 rings (SSSR count). The van der Waals surface area contributed by atoms with Gasteiger partial charge in [-0.3, -0.25) is 0 Å². The molecular formula is C19H19NO7S2. The van der Waals surface area contributed by atoms with Crippen molar-refractivity contribution >= 4 is 27.3 Å². The zero-order chi connectivity index (χ0) is 21.0. The van der Waals surface area contributed by atoms with Gasteiger partial charge in [0.25, 0.3) is 0 Å². The van der Waals surface area contributed by atoms with Crippen LogP contribution in [0.15, 0.2) is 57.2 Å². The molecule has 0 fully saturated rings. The number of aliphatic hydroxyl groups excluding tert-OH is 1. The van der Waals surface area contributed by atoms with Crippen molar-refractivity contribution in [2.45, 2.75) is 11.0 Å². The molecule has 0 aliphatic carbocycles. The van der Waals surface area contributed by atoms with Gasteiger partial charge in [-0.15, -0.1) is 11.3 Å². The minimum absolute atomic E-state index is 0.0534. The van der Waals surface area contributed by atoms with Gasteiger partial charge in [-0.2, -0.15) is 0 Å². The van der Waals surface area contributed by atoms with Crippen LogP contribution in [0.1, 0.15) is 22.2 Å². The van der Waals surface area contributed by atoms with Crippen LogP contribution in [0.4, 0.5) is 0 Å². The minimum atomic E-state index is -4.09. The molecule has 8 nitrogen and oxygen atoms in total. The van der Waals surface area contributed by atoms with Crippen molar-refractivity contribution in [1.82, 2.24) is 4.72 Å². The maximum absolute atomic E-state index is 12.7. The second-order valence-corrected chi connectivity index (χ2v) is 8.59. The van der Waals surface area contributed by atoms with Crippen LogP contribution in [0.3, 0.4) is 0 Å². The molecule has 0 amide bonds. The number of hydrogen-bond acceptors (Lipinski definition) is 8. The fourth-order valence-corrected chi connectivity index (χ4v) is 4.50. The van der Waals surface area contributed by atoms with E-state index in [2.05, 4.69) is 9.46 Å². The molecule has 154 valence electrons. The Morgan fingerprint density at radius 2 is 2.03 bits per heavy atom. The summed E-state index contributed by atoms with van der Waals surface area (Å²) >= 11 is 1.49. The van der Waals surface area contributed by atoms with Crippen molar-refractivity contribution < 1.29 is 32.2 Å². The van der Waals surface area contributed by atoms with E-state index in [1.165, 1.54) is 37.7 Å². The third kappa shape index (κ3) is 4.67. The first-order valence-electron chi connectivity index (χ1n) is 8.43. The normalized spacial score (nSPS) is 12.5. The van der Waals surface area contributed by atoms with Crippen molar-refractivity contribution in [2.75, 3.05) is 20.8 Å². The molecule has 3 aromatic rings. The molecule has 0 bridgehead atoms. The van der Waals surface area contributed by atoms with Gasteiger partial charge in [0.05, 0.1) is 24.7 Å². The number of furan rings is 1. The van der Waals surface area contributed by atoms with E-state index in [4.69, 9.17) is 9.15 Å². The van der Waals surface area contributed by atoms with Crippen molar-refractivity contribution in [2.24, 2.45) is 0 Å². The number of nitrogens with one attached hydrogen (secondary N) is 1. The summed E-state index contributed by atoms with van der Waals surface area (Å²) in [7, 11) is -1.58. The van der Waals surface area contributed by atoms with E-state index in [1.807, 2.05) is 17.5 Å². The van der Waals surface area contributed by atoms with Gasteiger partial charge in [-0.05, 0) is 41.8 Å². The summed E-state index contributed by atoms with van der Waals surface area (Å²) in [5, 5.41) is 12.2. The average Bonchev–Trinajstić information content (AvgIpc) is 3.42. The number of aliphatic hydroxyl groups is 1. The molecular weight excluding hydrogens is 418 g/mol. The highest BCUT2D eigenvalue weighted by Gasteiger charge is 2.24. The lowest BCUT2D eigenvalue weighted by Crippen LogP contribution is -2.29. The number of carbonyl (C=O) groups is 1. The quantitative estimate of drug-likeness (QED) is 0.521.